The Hall–Kier alpha value is -2.08. The minimum atomic E-state index is -0.122. The lowest BCUT2D eigenvalue weighted by molar-refractivity contribution is 0.0907. The summed E-state index contributed by atoms with van der Waals surface area (Å²) < 4.78 is 6.93. The zero-order valence-electron chi connectivity index (χ0n) is 12.9. The molecular formula is C16H22N4O2. The summed E-state index contributed by atoms with van der Waals surface area (Å²) >= 11 is 0. The molecule has 3 rings (SSSR count). The molecule has 2 aromatic rings. The Bertz CT molecular complexity index is 597. The van der Waals surface area contributed by atoms with E-state index in [1.165, 1.54) is 11.8 Å². The minimum Gasteiger partial charge on any atom is -0.459 e. The van der Waals surface area contributed by atoms with E-state index in [-0.39, 0.29) is 5.91 Å². The third-order valence-electron chi connectivity index (χ3n) is 4.17. The molecule has 1 saturated heterocycles. The quantitative estimate of drug-likeness (QED) is 0.912. The number of nitrogens with zero attached hydrogens (tertiary/aromatic N) is 3. The van der Waals surface area contributed by atoms with E-state index in [0.717, 1.165) is 39.0 Å². The van der Waals surface area contributed by atoms with Crippen LogP contribution < -0.4 is 5.32 Å². The number of carbonyl (C=O) groups is 1. The van der Waals surface area contributed by atoms with E-state index in [9.17, 15) is 4.79 Å². The molecule has 0 atom stereocenters. The average molecular weight is 302 g/mol. The second-order valence-corrected chi connectivity index (χ2v) is 5.93. The second kappa shape index (κ2) is 6.79. The highest BCUT2D eigenvalue weighted by Gasteiger charge is 2.20. The van der Waals surface area contributed by atoms with Gasteiger partial charge in [0, 0.05) is 31.9 Å². The predicted molar refractivity (Wildman–Crippen MR) is 82.3 cm³/mol. The van der Waals surface area contributed by atoms with Gasteiger partial charge in [-0.2, -0.15) is 5.10 Å². The van der Waals surface area contributed by atoms with Crippen molar-refractivity contribution in [1.82, 2.24) is 20.0 Å². The lowest BCUT2D eigenvalue weighted by atomic mass is 9.96. The summed E-state index contributed by atoms with van der Waals surface area (Å²) in [6.45, 7) is 3.81. The monoisotopic (exact) mass is 302 g/mol. The van der Waals surface area contributed by atoms with E-state index in [1.54, 1.807) is 12.1 Å². The molecule has 1 fully saturated rings. The number of rotatable bonds is 5. The number of likely N-dealkylation sites (tertiary alicyclic amines) is 1. The minimum absolute atomic E-state index is 0.122. The van der Waals surface area contributed by atoms with Crippen LogP contribution in [0.3, 0.4) is 0 Å². The van der Waals surface area contributed by atoms with Crippen LogP contribution in [0.1, 0.15) is 29.0 Å². The second-order valence-electron chi connectivity index (χ2n) is 5.93. The van der Waals surface area contributed by atoms with Crippen LogP contribution in [0.2, 0.25) is 0 Å². The Morgan fingerprint density at radius 3 is 2.91 bits per heavy atom. The number of hydrogen-bond acceptors (Lipinski definition) is 4. The van der Waals surface area contributed by atoms with Gasteiger partial charge in [-0.15, -0.1) is 0 Å². The fourth-order valence-corrected chi connectivity index (χ4v) is 2.89. The molecule has 0 aromatic carbocycles. The summed E-state index contributed by atoms with van der Waals surface area (Å²) in [5.74, 6) is 0.806. The number of aromatic nitrogens is 2. The van der Waals surface area contributed by atoms with Crippen LogP contribution in [0, 0.1) is 5.92 Å². The SMILES string of the molecule is Cn1cc(CN2CCC(CNC(=O)c3ccco3)CC2)cn1. The van der Waals surface area contributed by atoms with Crippen molar-refractivity contribution in [2.75, 3.05) is 19.6 Å². The zero-order chi connectivity index (χ0) is 15.4. The standard InChI is InChI=1S/C16H22N4O2/c1-19-11-14(10-18-19)12-20-6-4-13(5-7-20)9-17-16(21)15-3-2-8-22-15/h2-3,8,10-11,13H,4-7,9,12H2,1H3,(H,17,21). The summed E-state index contributed by atoms with van der Waals surface area (Å²) in [4.78, 5) is 14.3. The summed E-state index contributed by atoms with van der Waals surface area (Å²) in [6.07, 6.45) is 7.73. The summed E-state index contributed by atoms with van der Waals surface area (Å²) in [7, 11) is 1.94. The first-order valence-electron chi connectivity index (χ1n) is 7.72. The van der Waals surface area contributed by atoms with Gasteiger partial charge in [0.25, 0.3) is 5.91 Å². The molecule has 22 heavy (non-hydrogen) atoms. The molecule has 0 unspecified atom stereocenters. The zero-order valence-corrected chi connectivity index (χ0v) is 12.9. The lowest BCUT2D eigenvalue weighted by Crippen LogP contribution is -2.38. The molecule has 3 heterocycles. The number of nitrogens with one attached hydrogen (secondary N) is 1. The van der Waals surface area contributed by atoms with E-state index < -0.39 is 0 Å². The highest BCUT2D eigenvalue weighted by atomic mass is 16.3. The van der Waals surface area contributed by atoms with Gasteiger partial charge in [-0.1, -0.05) is 0 Å². The summed E-state index contributed by atoms with van der Waals surface area (Å²) in [5.41, 5.74) is 1.26. The van der Waals surface area contributed by atoms with E-state index in [4.69, 9.17) is 4.42 Å². The first kappa shape index (κ1) is 14.8. The van der Waals surface area contributed by atoms with Gasteiger partial charge in [-0.3, -0.25) is 14.4 Å². The molecule has 1 aliphatic rings. The largest absolute Gasteiger partial charge is 0.459 e. The van der Waals surface area contributed by atoms with Gasteiger partial charge >= 0.3 is 0 Å². The molecule has 1 N–H and O–H groups in total. The van der Waals surface area contributed by atoms with Crippen molar-refractivity contribution in [3.05, 3.63) is 42.1 Å². The molecule has 0 aliphatic carbocycles. The molecule has 6 heteroatoms. The lowest BCUT2D eigenvalue weighted by Gasteiger charge is -2.31. The van der Waals surface area contributed by atoms with Gasteiger partial charge < -0.3 is 9.73 Å². The molecule has 0 spiro atoms. The fourth-order valence-electron chi connectivity index (χ4n) is 2.89. The van der Waals surface area contributed by atoms with Crippen molar-refractivity contribution < 1.29 is 9.21 Å². The number of amides is 1. The topological polar surface area (TPSA) is 63.3 Å². The van der Waals surface area contributed by atoms with E-state index >= 15 is 0 Å². The van der Waals surface area contributed by atoms with Crippen molar-refractivity contribution in [2.45, 2.75) is 19.4 Å². The van der Waals surface area contributed by atoms with Gasteiger partial charge in [0.2, 0.25) is 0 Å². The van der Waals surface area contributed by atoms with Gasteiger partial charge in [0.05, 0.1) is 12.5 Å². The maximum Gasteiger partial charge on any atom is 0.286 e. The van der Waals surface area contributed by atoms with Crippen molar-refractivity contribution in [3.8, 4) is 0 Å². The van der Waals surface area contributed by atoms with Crippen molar-refractivity contribution >= 4 is 5.91 Å². The highest BCUT2D eigenvalue weighted by molar-refractivity contribution is 5.91. The highest BCUT2D eigenvalue weighted by Crippen LogP contribution is 2.18. The number of aryl methyl sites for hydroxylation is 1. The Kier molecular flexibility index (Phi) is 4.58. The van der Waals surface area contributed by atoms with Gasteiger partial charge in [0.15, 0.2) is 5.76 Å². The van der Waals surface area contributed by atoms with Crippen LogP contribution in [-0.4, -0.2) is 40.2 Å². The summed E-state index contributed by atoms with van der Waals surface area (Å²) in [5, 5.41) is 7.16. The fraction of sp³-hybridized carbons (Fsp3) is 0.500. The first-order chi connectivity index (χ1) is 10.7. The number of hydrogen-bond donors (Lipinski definition) is 1. The maximum absolute atomic E-state index is 11.8. The Labute approximate surface area is 130 Å². The molecule has 0 radical (unpaired) electrons. The van der Waals surface area contributed by atoms with Crippen LogP contribution in [-0.2, 0) is 13.6 Å². The van der Waals surface area contributed by atoms with Gasteiger partial charge in [-0.05, 0) is 44.0 Å². The Morgan fingerprint density at radius 2 is 2.27 bits per heavy atom. The van der Waals surface area contributed by atoms with Gasteiger partial charge in [-0.25, -0.2) is 0 Å². The van der Waals surface area contributed by atoms with Crippen molar-refractivity contribution in [1.29, 1.82) is 0 Å². The first-order valence-corrected chi connectivity index (χ1v) is 7.72. The Morgan fingerprint density at radius 1 is 1.45 bits per heavy atom. The molecule has 0 saturated carbocycles. The molecule has 1 aliphatic heterocycles. The number of carbonyl (C=O) groups excluding carboxylic acids is 1. The maximum atomic E-state index is 11.8. The van der Waals surface area contributed by atoms with E-state index in [2.05, 4.69) is 21.5 Å². The molecule has 0 bridgehead atoms. The van der Waals surface area contributed by atoms with E-state index in [0.29, 0.717) is 11.7 Å². The van der Waals surface area contributed by atoms with Crippen molar-refractivity contribution in [2.24, 2.45) is 13.0 Å². The van der Waals surface area contributed by atoms with Crippen LogP contribution in [0.15, 0.2) is 35.2 Å². The van der Waals surface area contributed by atoms with Crippen LogP contribution in [0.5, 0.6) is 0 Å². The normalized spacial score (nSPS) is 16.8. The van der Waals surface area contributed by atoms with Crippen LogP contribution in [0.25, 0.3) is 0 Å². The third kappa shape index (κ3) is 3.76. The molecule has 2 aromatic heterocycles. The van der Waals surface area contributed by atoms with Crippen molar-refractivity contribution in [3.63, 3.8) is 0 Å². The van der Waals surface area contributed by atoms with Gasteiger partial charge in [0.1, 0.15) is 0 Å². The molecule has 118 valence electrons. The molecule has 6 nitrogen and oxygen atoms in total. The number of piperidine rings is 1. The third-order valence-corrected chi connectivity index (χ3v) is 4.17. The summed E-state index contributed by atoms with van der Waals surface area (Å²) in [6, 6.07) is 3.41. The van der Waals surface area contributed by atoms with Crippen LogP contribution in [0.4, 0.5) is 0 Å². The Balaban J connectivity index is 1.39. The average Bonchev–Trinajstić information content (AvgIpc) is 3.18. The molecule has 1 amide bonds. The predicted octanol–water partition coefficient (Wildman–Crippen LogP) is 1.66. The molecular weight excluding hydrogens is 280 g/mol. The van der Waals surface area contributed by atoms with Crippen LogP contribution >= 0.6 is 0 Å². The number of furan rings is 1. The smallest absolute Gasteiger partial charge is 0.286 e. The van der Waals surface area contributed by atoms with E-state index in [1.807, 2.05) is 17.9 Å².